The molecule has 0 spiro atoms. The third-order valence-corrected chi connectivity index (χ3v) is 2.95. The highest BCUT2D eigenvalue weighted by molar-refractivity contribution is 6.32. The topological polar surface area (TPSA) is 56.3 Å². The standard InChI is InChI=1S/C15H18ClN3O2/c1-10(2)21-15-9-17-8-14(19-15)18-7-11-4-5-13(20-3)12(16)6-11/h4-6,8-10H,7H2,1-3H3,(H,18,19). The Bertz CT molecular complexity index is 605. The van der Waals surface area contributed by atoms with Crippen LogP contribution in [0.2, 0.25) is 5.02 Å². The highest BCUT2D eigenvalue weighted by atomic mass is 35.5. The van der Waals surface area contributed by atoms with Crippen molar-refractivity contribution in [3.05, 3.63) is 41.2 Å². The molecule has 1 heterocycles. The van der Waals surface area contributed by atoms with E-state index in [0.29, 0.717) is 29.0 Å². The van der Waals surface area contributed by atoms with Crippen LogP contribution >= 0.6 is 11.6 Å². The lowest BCUT2D eigenvalue weighted by Gasteiger charge is -2.11. The quantitative estimate of drug-likeness (QED) is 0.884. The summed E-state index contributed by atoms with van der Waals surface area (Å²) in [7, 11) is 1.59. The highest BCUT2D eigenvalue weighted by Gasteiger charge is 2.04. The molecule has 0 saturated heterocycles. The lowest BCUT2D eigenvalue weighted by Crippen LogP contribution is -2.09. The Morgan fingerprint density at radius 1 is 1.29 bits per heavy atom. The number of anilines is 1. The number of aromatic nitrogens is 2. The van der Waals surface area contributed by atoms with Gasteiger partial charge in [-0.1, -0.05) is 17.7 Å². The number of rotatable bonds is 6. The summed E-state index contributed by atoms with van der Waals surface area (Å²) in [6.07, 6.45) is 3.31. The molecule has 5 nitrogen and oxygen atoms in total. The smallest absolute Gasteiger partial charge is 0.234 e. The molecule has 2 aromatic rings. The molecule has 0 bridgehead atoms. The Morgan fingerprint density at radius 2 is 2.10 bits per heavy atom. The summed E-state index contributed by atoms with van der Waals surface area (Å²) in [6, 6.07) is 5.64. The van der Waals surface area contributed by atoms with E-state index in [1.54, 1.807) is 19.5 Å². The van der Waals surface area contributed by atoms with E-state index in [0.717, 1.165) is 5.56 Å². The predicted molar refractivity (Wildman–Crippen MR) is 83.1 cm³/mol. The molecule has 0 atom stereocenters. The SMILES string of the molecule is COc1ccc(CNc2cncc(OC(C)C)n2)cc1Cl. The van der Waals surface area contributed by atoms with Gasteiger partial charge in [0.1, 0.15) is 11.6 Å². The van der Waals surface area contributed by atoms with Crippen LogP contribution in [0.15, 0.2) is 30.6 Å². The maximum Gasteiger partial charge on any atom is 0.234 e. The molecular formula is C15H18ClN3O2. The number of benzene rings is 1. The summed E-state index contributed by atoms with van der Waals surface area (Å²) in [5.41, 5.74) is 1.03. The first-order chi connectivity index (χ1) is 10.1. The first-order valence-electron chi connectivity index (χ1n) is 6.63. The van der Waals surface area contributed by atoms with Gasteiger partial charge >= 0.3 is 0 Å². The van der Waals surface area contributed by atoms with Crippen molar-refractivity contribution in [1.29, 1.82) is 0 Å². The first-order valence-corrected chi connectivity index (χ1v) is 7.01. The van der Waals surface area contributed by atoms with Gasteiger partial charge in [-0.2, -0.15) is 4.98 Å². The fourth-order valence-electron chi connectivity index (χ4n) is 1.74. The highest BCUT2D eigenvalue weighted by Crippen LogP contribution is 2.25. The predicted octanol–water partition coefficient (Wildman–Crippen LogP) is 3.54. The minimum Gasteiger partial charge on any atom is -0.495 e. The van der Waals surface area contributed by atoms with E-state index in [4.69, 9.17) is 21.1 Å². The lowest BCUT2D eigenvalue weighted by molar-refractivity contribution is 0.232. The second kappa shape index (κ2) is 7.13. The fourth-order valence-corrected chi connectivity index (χ4v) is 2.02. The number of hydrogen-bond donors (Lipinski definition) is 1. The summed E-state index contributed by atoms with van der Waals surface area (Å²) in [4.78, 5) is 8.43. The first kappa shape index (κ1) is 15.4. The molecule has 0 unspecified atom stereocenters. The van der Waals surface area contributed by atoms with Gasteiger partial charge in [0.25, 0.3) is 0 Å². The molecule has 1 N–H and O–H groups in total. The van der Waals surface area contributed by atoms with Crippen LogP contribution in [-0.2, 0) is 6.54 Å². The minimum absolute atomic E-state index is 0.0648. The zero-order valence-corrected chi connectivity index (χ0v) is 13.0. The fraction of sp³-hybridized carbons (Fsp3) is 0.333. The van der Waals surface area contributed by atoms with Gasteiger partial charge in [-0.3, -0.25) is 4.98 Å². The van der Waals surface area contributed by atoms with Crippen molar-refractivity contribution < 1.29 is 9.47 Å². The largest absolute Gasteiger partial charge is 0.495 e. The van der Waals surface area contributed by atoms with Crippen molar-refractivity contribution in [1.82, 2.24) is 9.97 Å². The normalized spacial score (nSPS) is 10.5. The van der Waals surface area contributed by atoms with E-state index in [-0.39, 0.29) is 6.10 Å². The van der Waals surface area contributed by atoms with E-state index in [1.165, 1.54) is 0 Å². The van der Waals surface area contributed by atoms with Crippen LogP contribution in [-0.4, -0.2) is 23.2 Å². The Kier molecular flexibility index (Phi) is 5.22. The van der Waals surface area contributed by atoms with Crippen molar-refractivity contribution >= 4 is 17.4 Å². The van der Waals surface area contributed by atoms with Crippen molar-refractivity contribution in [2.75, 3.05) is 12.4 Å². The van der Waals surface area contributed by atoms with E-state index in [9.17, 15) is 0 Å². The average molecular weight is 308 g/mol. The second-order valence-corrected chi connectivity index (χ2v) is 5.14. The van der Waals surface area contributed by atoms with Gasteiger partial charge in [0, 0.05) is 6.54 Å². The molecule has 0 amide bonds. The molecule has 1 aromatic carbocycles. The molecule has 0 fully saturated rings. The molecular weight excluding hydrogens is 290 g/mol. The van der Waals surface area contributed by atoms with Gasteiger partial charge < -0.3 is 14.8 Å². The van der Waals surface area contributed by atoms with Gasteiger partial charge in [0.2, 0.25) is 5.88 Å². The Labute approximate surface area is 129 Å². The monoisotopic (exact) mass is 307 g/mol. The maximum atomic E-state index is 6.09. The number of hydrogen-bond acceptors (Lipinski definition) is 5. The van der Waals surface area contributed by atoms with Crippen LogP contribution in [0, 0.1) is 0 Å². The average Bonchev–Trinajstić information content (AvgIpc) is 2.45. The molecule has 2 rings (SSSR count). The summed E-state index contributed by atoms with van der Waals surface area (Å²) in [6.45, 7) is 4.48. The Morgan fingerprint density at radius 3 is 2.76 bits per heavy atom. The molecule has 6 heteroatoms. The second-order valence-electron chi connectivity index (χ2n) is 4.73. The molecule has 1 aromatic heterocycles. The lowest BCUT2D eigenvalue weighted by atomic mass is 10.2. The number of ether oxygens (including phenoxy) is 2. The van der Waals surface area contributed by atoms with Crippen LogP contribution < -0.4 is 14.8 Å². The van der Waals surface area contributed by atoms with E-state index in [1.807, 2.05) is 32.0 Å². The summed E-state index contributed by atoms with van der Waals surface area (Å²) < 4.78 is 10.6. The Balaban J connectivity index is 2.01. The molecule has 0 saturated carbocycles. The van der Waals surface area contributed by atoms with Gasteiger partial charge in [0.15, 0.2) is 0 Å². The van der Waals surface area contributed by atoms with Gasteiger partial charge in [-0.15, -0.1) is 0 Å². The molecule has 0 aliphatic heterocycles. The van der Waals surface area contributed by atoms with Gasteiger partial charge in [-0.25, -0.2) is 0 Å². The zero-order chi connectivity index (χ0) is 15.2. The van der Waals surface area contributed by atoms with Crippen molar-refractivity contribution in [2.45, 2.75) is 26.5 Å². The number of methoxy groups -OCH3 is 1. The molecule has 0 aliphatic carbocycles. The molecule has 112 valence electrons. The van der Waals surface area contributed by atoms with Crippen LogP contribution in [0.25, 0.3) is 0 Å². The summed E-state index contributed by atoms with van der Waals surface area (Å²) >= 11 is 6.09. The van der Waals surface area contributed by atoms with E-state index in [2.05, 4.69) is 15.3 Å². The number of halogens is 1. The third kappa shape index (κ3) is 4.49. The van der Waals surface area contributed by atoms with Crippen molar-refractivity contribution in [2.24, 2.45) is 0 Å². The van der Waals surface area contributed by atoms with Gasteiger partial charge in [0.05, 0.1) is 30.6 Å². The van der Waals surface area contributed by atoms with Crippen LogP contribution in [0.1, 0.15) is 19.4 Å². The summed E-state index contributed by atoms with van der Waals surface area (Å²) in [5.74, 6) is 1.82. The van der Waals surface area contributed by atoms with Gasteiger partial charge in [-0.05, 0) is 31.5 Å². The molecule has 0 aliphatic rings. The number of nitrogens with zero attached hydrogens (tertiary/aromatic N) is 2. The Hall–Kier alpha value is -2.01. The number of nitrogens with one attached hydrogen (secondary N) is 1. The van der Waals surface area contributed by atoms with Crippen LogP contribution in [0.5, 0.6) is 11.6 Å². The van der Waals surface area contributed by atoms with Crippen LogP contribution in [0.4, 0.5) is 5.82 Å². The van der Waals surface area contributed by atoms with E-state index < -0.39 is 0 Å². The summed E-state index contributed by atoms with van der Waals surface area (Å²) in [5, 5.41) is 3.77. The minimum atomic E-state index is 0.0648. The third-order valence-electron chi connectivity index (χ3n) is 2.66. The van der Waals surface area contributed by atoms with E-state index >= 15 is 0 Å². The van der Waals surface area contributed by atoms with Crippen molar-refractivity contribution in [3.8, 4) is 11.6 Å². The zero-order valence-electron chi connectivity index (χ0n) is 12.3. The maximum absolute atomic E-state index is 6.09. The van der Waals surface area contributed by atoms with Crippen LogP contribution in [0.3, 0.4) is 0 Å². The molecule has 0 radical (unpaired) electrons. The van der Waals surface area contributed by atoms with Crippen molar-refractivity contribution in [3.63, 3.8) is 0 Å². The molecule has 21 heavy (non-hydrogen) atoms.